The fraction of sp³-hybridized carbons (Fsp3) is 0.667. The molecule has 0 saturated carbocycles. The van der Waals surface area contributed by atoms with Crippen LogP contribution < -0.4 is 16.4 Å². The van der Waals surface area contributed by atoms with Crippen LogP contribution in [0.5, 0.6) is 0 Å². The third-order valence-electron chi connectivity index (χ3n) is 2.45. The molecule has 0 aliphatic carbocycles. The molecule has 0 aliphatic heterocycles. The zero-order valence-electron chi connectivity index (χ0n) is 11.7. The topological polar surface area (TPSA) is 80.0 Å². The van der Waals surface area contributed by atoms with Crippen LogP contribution >= 0.6 is 23.1 Å². The number of carbonyl (C=O) groups excluding carboxylic acids is 1. The Balaban J connectivity index is 2.54. The normalized spacial score (nSPS) is 12.2. The van der Waals surface area contributed by atoms with E-state index in [0.29, 0.717) is 28.3 Å². The fourth-order valence-corrected chi connectivity index (χ4v) is 3.01. The van der Waals surface area contributed by atoms with Crippen molar-refractivity contribution in [2.75, 3.05) is 36.1 Å². The van der Waals surface area contributed by atoms with Gasteiger partial charge in [-0.05, 0) is 24.3 Å². The van der Waals surface area contributed by atoms with E-state index in [1.165, 1.54) is 11.3 Å². The number of nitrogens with one attached hydrogen (secondary N) is 2. The zero-order chi connectivity index (χ0) is 14.3. The molecule has 1 aromatic rings. The second kappa shape index (κ2) is 8.27. The van der Waals surface area contributed by atoms with E-state index in [4.69, 9.17) is 5.73 Å². The number of rotatable bonds is 8. The van der Waals surface area contributed by atoms with Crippen molar-refractivity contribution >= 4 is 40.0 Å². The summed E-state index contributed by atoms with van der Waals surface area (Å²) in [5.74, 6) is 1.65. The van der Waals surface area contributed by atoms with Gasteiger partial charge in [-0.1, -0.05) is 25.2 Å². The molecule has 0 saturated heterocycles. The summed E-state index contributed by atoms with van der Waals surface area (Å²) in [6.45, 7) is 5.68. The molecule has 5 nitrogen and oxygen atoms in total. The van der Waals surface area contributed by atoms with Crippen LogP contribution in [0.1, 0.15) is 29.9 Å². The van der Waals surface area contributed by atoms with Crippen molar-refractivity contribution in [2.45, 2.75) is 20.3 Å². The molecule has 4 N–H and O–H groups in total. The molecule has 1 unspecified atom stereocenters. The van der Waals surface area contributed by atoms with Gasteiger partial charge in [-0.25, -0.2) is 4.98 Å². The molecule has 0 radical (unpaired) electrons. The summed E-state index contributed by atoms with van der Waals surface area (Å²) >= 11 is 3.09. The number of nitrogens with zero attached hydrogens (tertiary/aromatic N) is 1. The summed E-state index contributed by atoms with van der Waals surface area (Å²) in [5, 5.41) is 6.75. The Kier molecular flexibility index (Phi) is 7.01. The van der Waals surface area contributed by atoms with Crippen molar-refractivity contribution in [3.05, 3.63) is 4.88 Å². The van der Waals surface area contributed by atoms with Gasteiger partial charge in [-0.3, -0.25) is 4.79 Å². The number of aromatic nitrogens is 1. The number of thioether (sulfide) groups is 1. The maximum atomic E-state index is 12.0. The Hall–Kier alpha value is -0.950. The summed E-state index contributed by atoms with van der Waals surface area (Å²) in [4.78, 5) is 16.7. The Bertz CT molecular complexity index is 408. The van der Waals surface area contributed by atoms with E-state index in [1.807, 2.05) is 0 Å². The smallest absolute Gasteiger partial charge is 0.265 e. The highest BCUT2D eigenvalue weighted by molar-refractivity contribution is 7.98. The molecule has 1 aromatic heterocycles. The summed E-state index contributed by atoms with van der Waals surface area (Å²) in [6.07, 6.45) is 3.07. The van der Waals surface area contributed by atoms with Gasteiger partial charge in [0.15, 0.2) is 5.13 Å². The molecular weight excluding hydrogens is 280 g/mol. The number of nitrogen functional groups attached to an aromatic ring is 1. The van der Waals surface area contributed by atoms with Gasteiger partial charge in [0.1, 0.15) is 10.7 Å². The van der Waals surface area contributed by atoms with E-state index in [1.54, 1.807) is 11.8 Å². The first-order chi connectivity index (χ1) is 9.08. The molecule has 0 aliphatic rings. The number of anilines is 2. The van der Waals surface area contributed by atoms with Crippen LogP contribution in [0.2, 0.25) is 0 Å². The number of hydrogen-bond acceptors (Lipinski definition) is 6. The molecule has 19 heavy (non-hydrogen) atoms. The lowest BCUT2D eigenvalue weighted by Crippen LogP contribution is -2.29. The molecule has 0 fully saturated rings. The lowest BCUT2D eigenvalue weighted by atomic mass is 10.2. The summed E-state index contributed by atoms with van der Waals surface area (Å²) in [6, 6.07) is 0. The maximum Gasteiger partial charge on any atom is 0.265 e. The number of amides is 1. The fourth-order valence-electron chi connectivity index (χ4n) is 1.49. The predicted octanol–water partition coefficient (Wildman–Crippen LogP) is 2.28. The SMILES string of the molecule is CCCNc1nc(N)c(C(=O)NCC(C)CSC)s1. The van der Waals surface area contributed by atoms with Crippen molar-refractivity contribution in [2.24, 2.45) is 5.92 Å². The van der Waals surface area contributed by atoms with Crippen molar-refractivity contribution in [3.8, 4) is 0 Å². The minimum absolute atomic E-state index is 0.132. The first-order valence-electron chi connectivity index (χ1n) is 6.35. The third-order valence-corrected chi connectivity index (χ3v) is 4.38. The standard InChI is InChI=1S/C12H22N4OS2/c1-4-5-14-12-16-10(13)9(19-12)11(17)15-6-8(2)7-18-3/h8H,4-7,13H2,1-3H3,(H,14,16)(H,15,17). The number of nitrogens with two attached hydrogens (primary N) is 1. The molecule has 1 amide bonds. The number of thiazole rings is 1. The van der Waals surface area contributed by atoms with Gasteiger partial charge in [0, 0.05) is 13.1 Å². The van der Waals surface area contributed by atoms with E-state index >= 15 is 0 Å². The Morgan fingerprint density at radius 2 is 2.32 bits per heavy atom. The van der Waals surface area contributed by atoms with Crippen LogP contribution in [0.4, 0.5) is 10.9 Å². The molecule has 1 rings (SSSR count). The molecule has 0 spiro atoms. The monoisotopic (exact) mass is 302 g/mol. The van der Waals surface area contributed by atoms with E-state index in [9.17, 15) is 4.79 Å². The zero-order valence-corrected chi connectivity index (χ0v) is 13.3. The first kappa shape index (κ1) is 16.1. The lowest BCUT2D eigenvalue weighted by Gasteiger charge is -2.10. The van der Waals surface area contributed by atoms with Gasteiger partial charge < -0.3 is 16.4 Å². The lowest BCUT2D eigenvalue weighted by molar-refractivity contribution is 0.0954. The van der Waals surface area contributed by atoms with Gasteiger partial charge in [-0.15, -0.1) is 0 Å². The van der Waals surface area contributed by atoms with Crippen LogP contribution in [0.25, 0.3) is 0 Å². The van der Waals surface area contributed by atoms with Crippen molar-refractivity contribution < 1.29 is 4.79 Å². The van der Waals surface area contributed by atoms with Crippen LogP contribution in [0.15, 0.2) is 0 Å². The average Bonchev–Trinajstić information content (AvgIpc) is 2.75. The number of hydrogen-bond donors (Lipinski definition) is 3. The third kappa shape index (κ3) is 5.28. The quantitative estimate of drug-likeness (QED) is 0.686. The van der Waals surface area contributed by atoms with Gasteiger partial charge >= 0.3 is 0 Å². The van der Waals surface area contributed by atoms with Gasteiger partial charge in [-0.2, -0.15) is 11.8 Å². The Morgan fingerprint density at radius 1 is 1.58 bits per heavy atom. The summed E-state index contributed by atoms with van der Waals surface area (Å²) < 4.78 is 0. The molecule has 108 valence electrons. The van der Waals surface area contributed by atoms with E-state index in [0.717, 1.165) is 18.7 Å². The summed E-state index contributed by atoms with van der Waals surface area (Å²) in [7, 11) is 0. The Labute approximate surface area is 122 Å². The highest BCUT2D eigenvalue weighted by atomic mass is 32.2. The highest BCUT2D eigenvalue weighted by Gasteiger charge is 2.16. The second-order valence-electron chi connectivity index (χ2n) is 4.43. The van der Waals surface area contributed by atoms with E-state index < -0.39 is 0 Å². The average molecular weight is 302 g/mol. The first-order valence-corrected chi connectivity index (χ1v) is 8.56. The van der Waals surface area contributed by atoms with Crippen LogP contribution in [-0.2, 0) is 0 Å². The Morgan fingerprint density at radius 3 is 2.95 bits per heavy atom. The van der Waals surface area contributed by atoms with Crippen molar-refractivity contribution in [1.82, 2.24) is 10.3 Å². The summed E-state index contributed by atoms with van der Waals surface area (Å²) in [5.41, 5.74) is 5.77. The second-order valence-corrected chi connectivity index (χ2v) is 6.34. The maximum absolute atomic E-state index is 12.0. The predicted molar refractivity (Wildman–Crippen MR) is 85.2 cm³/mol. The van der Waals surface area contributed by atoms with E-state index in [2.05, 4.69) is 35.7 Å². The van der Waals surface area contributed by atoms with Crippen LogP contribution in [-0.4, -0.2) is 36.0 Å². The molecule has 0 bridgehead atoms. The van der Waals surface area contributed by atoms with Crippen molar-refractivity contribution in [3.63, 3.8) is 0 Å². The molecule has 1 heterocycles. The molecule has 0 aromatic carbocycles. The van der Waals surface area contributed by atoms with Gasteiger partial charge in [0.25, 0.3) is 5.91 Å². The van der Waals surface area contributed by atoms with Crippen LogP contribution in [0, 0.1) is 5.92 Å². The minimum Gasteiger partial charge on any atom is -0.382 e. The molecule has 1 atom stereocenters. The molecule has 7 heteroatoms. The van der Waals surface area contributed by atoms with Gasteiger partial charge in [0.2, 0.25) is 0 Å². The van der Waals surface area contributed by atoms with Crippen molar-refractivity contribution in [1.29, 1.82) is 0 Å². The van der Waals surface area contributed by atoms with Gasteiger partial charge in [0.05, 0.1) is 0 Å². The number of carbonyl (C=O) groups is 1. The van der Waals surface area contributed by atoms with E-state index in [-0.39, 0.29) is 5.91 Å². The highest BCUT2D eigenvalue weighted by Crippen LogP contribution is 2.24. The minimum atomic E-state index is -0.132. The molecular formula is C12H22N4OS2. The van der Waals surface area contributed by atoms with Crippen LogP contribution in [0.3, 0.4) is 0 Å². The largest absolute Gasteiger partial charge is 0.382 e.